The molecule has 1 atom stereocenters. The van der Waals surface area contributed by atoms with Gasteiger partial charge in [0.25, 0.3) is 0 Å². The second kappa shape index (κ2) is 6.17. The van der Waals surface area contributed by atoms with Gasteiger partial charge in [0.05, 0.1) is 0 Å². The van der Waals surface area contributed by atoms with E-state index in [4.69, 9.17) is 13.0 Å². The van der Waals surface area contributed by atoms with E-state index in [9.17, 15) is 0 Å². The van der Waals surface area contributed by atoms with Crippen LogP contribution in [0.4, 0.5) is 0 Å². The molecule has 74 valence electrons. The van der Waals surface area contributed by atoms with Gasteiger partial charge in [0.2, 0.25) is 8.19 Å². The number of thiol groups is 1. The van der Waals surface area contributed by atoms with Crippen molar-refractivity contribution in [3.63, 3.8) is 0 Å². The zero-order chi connectivity index (χ0) is 9.61. The van der Waals surface area contributed by atoms with E-state index in [2.05, 4.69) is 19.0 Å². The minimum Gasteiger partial charge on any atom is -0.409 e. The lowest BCUT2D eigenvalue weighted by molar-refractivity contribution is 0.171. The quantitative estimate of drug-likeness (QED) is 0.548. The summed E-state index contributed by atoms with van der Waals surface area (Å²) in [4.78, 5) is 0. The second-order valence-corrected chi connectivity index (χ2v) is 9.33. The van der Waals surface area contributed by atoms with Crippen LogP contribution in [-0.2, 0) is 13.0 Å². The largest absolute Gasteiger partial charge is 0.487 e. The Labute approximate surface area is 82.6 Å². The van der Waals surface area contributed by atoms with Crippen molar-refractivity contribution in [3.05, 3.63) is 0 Å². The molecular formula is C6H18O3SSi2. The van der Waals surface area contributed by atoms with Crippen molar-refractivity contribution >= 4 is 29.1 Å². The van der Waals surface area contributed by atoms with Gasteiger partial charge in [-0.05, 0) is 6.04 Å². The fourth-order valence-electron chi connectivity index (χ4n) is 0.733. The van der Waals surface area contributed by atoms with Crippen LogP contribution in [0.15, 0.2) is 0 Å². The topological polar surface area (TPSA) is 27.7 Å². The summed E-state index contributed by atoms with van der Waals surface area (Å²) in [5.41, 5.74) is 0. The lowest BCUT2D eigenvalue weighted by Crippen LogP contribution is -2.43. The molecule has 0 saturated heterocycles. The second-order valence-electron chi connectivity index (χ2n) is 2.63. The zero-order valence-electron chi connectivity index (χ0n) is 8.16. The summed E-state index contributed by atoms with van der Waals surface area (Å²) in [6, 6.07) is 1.05. The van der Waals surface area contributed by atoms with Crippen LogP contribution in [0, 0.1) is 0 Å². The molecule has 12 heavy (non-hydrogen) atoms. The fraction of sp³-hybridized carbons (Fsp3) is 1.00. The van der Waals surface area contributed by atoms with Crippen molar-refractivity contribution in [1.82, 2.24) is 0 Å². The van der Waals surface area contributed by atoms with Crippen LogP contribution in [0.25, 0.3) is 0 Å². The Kier molecular flexibility index (Phi) is 6.51. The highest BCUT2D eigenvalue weighted by molar-refractivity contribution is 8.09. The van der Waals surface area contributed by atoms with Crippen molar-refractivity contribution in [2.24, 2.45) is 0 Å². The van der Waals surface area contributed by atoms with Gasteiger partial charge in [0.1, 0.15) is 0 Å². The van der Waals surface area contributed by atoms with Crippen LogP contribution >= 0.6 is 12.1 Å². The molecule has 0 radical (unpaired) electrons. The van der Waals surface area contributed by atoms with E-state index in [1.165, 1.54) is 0 Å². The van der Waals surface area contributed by atoms with E-state index in [1.807, 2.05) is 6.55 Å². The van der Waals surface area contributed by atoms with Crippen LogP contribution in [0.5, 0.6) is 0 Å². The third kappa shape index (κ3) is 4.63. The van der Waals surface area contributed by atoms with E-state index in [-0.39, 0.29) is 0 Å². The Hall–Kier alpha value is 0.664. The first-order valence-electron chi connectivity index (χ1n) is 4.04. The number of hydrogen-bond acceptors (Lipinski definition) is 4. The highest BCUT2D eigenvalue weighted by Gasteiger charge is 2.33. The van der Waals surface area contributed by atoms with Gasteiger partial charge in [-0.15, -0.1) is 0 Å². The van der Waals surface area contributed by atoms with Gasteiger partial charge in [-0.25, -0.2) is 0 Å². The molecule has 0 amide bonds. The molecule has 1 unspecified atom stereocenters. The minimum atomic E-state index is -2.31. The first-order chi connectivity index (χ1) is 5.58. The Morgan fingerprint density at radius 3 is 2.17 bits per heavy atom. The third-order valence-corrected chi connectivity index (χ3v) is 8.71. The monoisotopic (exact) mass is 226 g/mol. The molecule has 0 aromatic heterocycles. The third-order valence-electron chi connectivity index (χ3n) is 1.63. The van der Waals surface area contributed by atoms with Crippen LogP contribution in [0.3, 0.4) is 0 Å². The summed E-state index contributed by atoms with van der Waals surface area (Å²) < 4.78 is 16.0. The predicted molar refractivity (Wildman–Crippen MR) is 58.0 cm³/mol. The summed E-state index contributed by atoms with van der Waals surface area (Å²) in [5, 5.41) is 0. The maximum absolute atomic E-state index is 5.67. The highest BCUT2D eigenvalue weighted by atomic mass is 32.3. The minimum absolute atomic E-state index is 1.05. The summed E-state index contributed by atoms with van der Waals surface area (Å²) in [6.45, 7) is 4.01. The molecule has 0 aliphatic heterocycles. The van der Waals surface area contributed by atoms with Crippen molar-refractivity contribution in [2.75, 3.05) is 14.2 Å². The molecule has 0 aliphatic carbocycles. The van der Waals surface area contributed by atoms with E-state index in [1.54, 1.807) is 14.2 Å². The van der Waals surface area contributed by atoms with Crippen molar-refractivity contribution in [3.8, 4) is 0 Å². The first kappa shape index (κ1) is 12.7. The van der Waals surface area contributed by atoms with Crippen LogP contribution in [0.2, 0.25) is 12.6 Å². The van der Waals surface area contributed by atoms with Gasteiger partial charge in [-0.3, -0.25) is 0 Å². The fourth-order valence-corrected chi connectivity index (χ4v) is 7.11. The summed E-state index contributed by atoms with van der Waals surface area (Å²) in [6.07, 6.45) is 1.11. The molecule has 0 heterocycles. The van der Waals surface area contributed by atoms with Crippen molar-refractivity contribution in [1.29, 1.82) is 0 Å². The average molecular weight is 226 g/mol. The standard InChI is InChI=1S/C6H18O3SSi2/c1-5-6-11(10)9-12(4,7-2)8-3/h10-11H,5-6H2,1-4H3. The van der Waals surface area contributed by atoms with Gasteiger partial charge >= 0.3 is 8.80 Å². The van der Waals surface area contributed by atoms with Gasteiger partial charge in [0.15, 0.2) is 0 Å². The van der Waals surface area contributed by atoms with Crippen molar-refractivity contribution < 1.29 is 13.0 Å². The normalized spacial score (nSPS) is 14.8. The van der Waals surface area contributed by atoms with Crippen LogP contribution in [0.1, 0.15) is 13.3 Å². The molecule has 6 heteroatoms. The molecule has 3 nitrogen and oxygen atoms in total. The summed E-state index contributed by atoms with van der Waals surface area (Å²) in [7, 11) is -0.425. The molecular weight excluding hydrogens is 208 g/mol. The number of hydrogen-bond donors (Lipinski definition) is 1. The summed E-state index contributed by atoms with van der Waals surface area (Å²) >= 11 is 4.40. The molecule has 0 aromatic carbocycles. The SMILES string of the molecule is CCC[SiH](S)O[Si](C)(OC)OC. The molecule has 0 aliphatic rings. The molecule has 0 fully saturated rings. The van der Waals surface area contributed by atoms with E-state index >= 15 is 0 Å². The Balaban J connectivity index is 3.84. The van der Waals surface area contributed by atoms with Crippen LogP contribution < -0.4 is 0 Å². The molecule has 0 N–H and O–H groups in total. The van der Waals surface area contributed by atoms with Gasteiger partial charge in [-0.2, -0.15) is 12.1 Å². The van der Waals surface area contributed by atoms with Crippen LogP contribution in [-0.4, -0.2) is 31.2 Å². The molecule has 0 rings (SSSR count). The Morgan fingerprint density at radius 1 is 1.33 bits per heavy atom. The lowest BCUT2D eigenvalue weighted by atomic mass is 10.6. The van der Waals surface area contributed by atoms with Gasteiger partial charge in [-0.1, -0.05) is 13.3 Å². The maximum atomic E-state index is 5.67. The smallest absolute Gasteiger partial charge is 0.409 e. The predicted octanol–water partition coefficient (Wildman–Crippen LogP) is 1.42. The molecule has 0 aromatic rings. The lowest BCUT2D eigenvalue weighted by Gasteiger charge is -2.25. The van der Waals surface area contributed by atoms with E-state index in [0.29, 0.717) is 0 Å². The zero-order valence-corrected chi connectivity index (χ0v) is 11.2. The molecule has 0 spiro atoms. The maximum Gasteiger partial charge on any atom is 0.487 e. The van der Waals surface area contributed by atoms with Gasteiger partial charge in [0, 0.05) is 20.8 Å². The van der Waals surface area contributed by atoms with Crippen molar-refractivity contribution in [2.45, 2.75) is 25.9 Å². The molecule has 0 saturated carbocycles. The molecule has 0 bridgehead atoms. The van der Waals surface area contributed by atoms with E-state index < -0.39 is 17.0 Å². The number of rotatable bonds is 6. The summed E-state index contributed by atoms with van der Waals surface area (Å²) in [5.74, 6) is 0. The highest BCUT2D eigenvalue weighted by Crippen LogP contribution is 2.13. The van der Waals surface area contributed by atoms with E-state index in [0.717, 1.165) is 12.5 Å². The average Bonchev–Trinajstić information content (AvgIpc) is 2.05. The Bertz CT molecular complexity index is 121. The first-order valence-corrected chi connectivity index (χ1v) is 9.62. The van der Waals surface area contributed by atoms with Gasteiger partial charge < -0.3 is 13.0 Å². The Morgan fingerprint density at radius 2 is 1.83 bits per heavy atom.